The van der Waals surface area contributed by atoms with Crippen molar-refractivity contribution >= 4 is 60.4 Å². The van der Waals surface area contributed by atoms with Crippen molar-refractivity contribution in [3.63, 3.8) is 0 Å². The number of thiazole rings is 1. The van der Waals surface area contributed by atoms with Gasteiger partial charge in [0.25, 0.3) is 15.9 Å². The fourth-order valence-corrected chi connectivity index (χ4v) is 7.86. The molecule has 2 aromatic heterocycles. The quantitative estimate of drug-likeness (QED) is 0.562. The first-order chi connectivity index (χ1) is 14.3. The summed E-state index contributed by atoms with van der Waals surface area (Å²) < 4.78 is 30.8. The molecule has 0 bridgehead atoms. The molecular weight excluding hydrogens is 462 g/mol. The number of carbonyl (C=O) groups is 1. The normalized spacial score (nSPS) is 18.9. The first-order valence-corrected chi connectivity index (χ1v) is 13.2. The van der Waals surface area contributed by atoms with Gasteiger partial charge in [0.2, 0.25) is 0 Å². The summed E-state index contributed by atoms with van der Waals surface area (Å²) in [5.74, 6) is -0.711. The molecular formula is C20H22ClN3O3S3. The molecule has 1 aliphatic rings. The number of benzene rings is 1. The van der Waals surface area contributed by atoms with Gasteiger partial charge in [-0.2, -0.15) is 9.30 Å². The van der Waals surface area contributed by atoms with Gasteiger partial charge >= 0.3 is 0 Å². The highest BCUT2D eigenvalue weighted by Gasteiger charge is 2.34. The van der Waals surface area contributed by atoms with Gasteiger partial charge in [-0.3, -0.25) is 4.79 Å². The molecule has 160 valence electrons. The second kappa shape index (κ2) is 8.55. The minimum atomic E-state index is -3.65. The van der Waals surface area contributed by atoms with E-state index in [0.29, 0.717) is 28.5 Å². The van der Waals surface area contributed by atoms with Gasteiger partial charge in [0, 0.05) is 20.1 Å². The first-order valence-electron chi connectivity index (χ1n) is 9.72. The lowest BCUT2D eigenvalue weighted by molar-refractivity contribution is -0.122. The SMILES string of the molecule is CCc1ccc2c(c1)sc(=NC(=O)C1CCCN(S(=O)(=O)c3ccc(Cl)s3)C1)n2C. The molecule has 10 heteroatoms. The number of aryl methyl sites for hydroxylation is 2. The van der Waals surface area contributed by atoms with Crippen molar-refractivity contribution in [1.29, 1.82) is 0 Å². The Morgan fingerprint density at radius 1 is 1.27 bits per heavy atom. The Morgan fingerprint density at radius 2 is 2.07 bits per heavy atom. The van der Waals surface area contributed by atoms with E-state index in [2.05, 4.69) is 30.1 Å². The molecule has 0 spiro atoms. The Balaban J connectivity index is 1.59. The number of halogens is 1. The number of aromatic nitrogens is 1. The topological polar surface area (TPSA) is 71.7 Å². The number of nitrogens with zero attached hydrogens (tertiary/aromatic N) is 3. The average molecular weight is 484 g/mol. The molecule has 30 heavy (non-hydrogen) atoms. The lowest BCUT2D eigenvalue weighted by Gasteiger charge is -2.29. The molecule has 0 radical (unpaired) electrons. The molecule has 1 aliphatic heterocycles. The molecule has 4 rings (SSSR count). The van der Waals surface area contributed by atoms with Crippen LogP contribution in [-0.2, 0) is 28.3 Å². The van der Waals surface area contributed by atoms with Crippen molar-refractivity contribution < 1.29 is 13.2 Å². The lowest BCUT2D eigenvalue weighted by Crippen LogP contribution is -2.42. The first kappa shape index (κ1) is 21.7. The Labute approximate surface area is 188 Å². The standard InChI is InChI=1S/C20H22ClN3O3S3/c1-3-13-6-7-15-16(11-13)28-20(23(15)2)22-19(25)14-5-4-10-24(12-14)30(26,27)18-9-8-17(21)29-18/h6-9,11,14H,3-5,10,12H2,1-2H3. The van der Waals surface area contributed by atoms with Crippen LogP contribution in [0.15, 0.2) is 39.5 Å². The smallest absolute Gasteiger partial charge is 0.252 e. The number of amides is 1. The third kappa shape index (κ3) is 4.13. The van der Waals surface area contributed by atoms with Gasteiger partial charge in [-0.25, -0.2) is 8.42 Å². The maximum atomic E-state index is 12.9. The Kier molecular flexibility index (Phi) is 6.18. The van der Waals surface area contributed by atoms with Crippen LogP contribution in [0, 0.1) is 5.92 Å². The van der Waals surface area contributed by atoms with Crippen LogP contribution in [0.1, 0.15) is 25.3 Å². The highest BCUT2D eigenvalue weighted by atomic mass is 35.5. The summed E-state index contributed by atoms with van der Waals surface area (Å²) in [6.07, 6.45) is 2.21. The van der Waals surface area contributed by atoms with Crippen molar-refractivity contribution in [2.45, 2.75) is 30.4 Å². The van der Waals surface area contributed by atoms with E-state index in [-0.39, 0.29) is 16.7 Å². The van der Waals surface area contributed by atoms with Crippen LogP contribution in [0.4, 0.5) is 0 Å². The van der Waals surface area contributed by atoms with Gasteiger partial charge in [-0.1, -0.05) is 35.9 Å². The van der Waals surface area contributed by atoms with Crippen molar-refractivity contribution in [3.05, 3.63) is 45.0 Å². The largest absolute Gasteiger partial charge is 0.319 e. The molecule has 6 nitrogen and oxygen atoms in total. The minimum Gasteiger partial charge on any atom is -0.319 e. The van der Waals surface area contributed by atoms with Crippen LogP contribution in [0.2, 0.25) is 4.34 Å². The molecule has 1 unspecified atom stereocenters. The molecule has 3 aromatic rings. The summed E-state index contributed by atoms with van der Waals surface area (Å²) in [7, 11) is -1.75. The summed E-state index contributed by atoms with van der Waals surface area (Å²) in [6.45, 7) is 2.66. The van der Waals surface area contributed by atoms with E-state index < -0.39 is 15.9 Å². The second-order valence-electron chi connectivity index (χ2n) is 7.31. The molecule has 3 heterocycles. The van der Waals surface area contributed by atoms with Crippen molar-refractivity contribution in [2.24, 2.45) is 18.0 Å². The summed E-state index contributed by atoms with van der Waals surface area (Å²) in [5, 5.41) is 0. The fraction of sp³-hybridized carbons (Fsp3) is 0.400. The number of rotatable bonds is 4. The maximum absolute atomic E-state index is 12.9. The van der Waals surface area contributed by atoms with Gasteiger partial charge in [0.05, 0.1) is 20.5 Å². The third-order valence-corrected chi connectivity index (χ3v) is 10.0. The van der Waals surface area contributed by atoms with E-state index in [4.69, 9.17) is 11.6 Å². The predicted molar refractivity (Wildman–Crippen MR) is 122 cm³/mol. The Morgan fingerprint density at radius 3 is 2.77 bits per heavy atom. The molecule has 1 aromatic carbocycles. The number of piperidine rings is 1. The van der Waals surface area contributed by atoms with Crippen LogP contribution in [0.5, 0.6) is 0 Å². The van der Waals surface area contributed by atoms with Gasteiger partial charge in [-0.15, -0.1) is 11.3 Å². The van der Waals surface area contributed by atoms with E-state index in [0.717, 1.165) is 28.0 Å². The van der Waals surface area contributed by atoms with Crippen molar-refractivity contribution in [3.8, 4) is 0 Å². The van der Waals surface area contributed by atoms with E-state index in [1.807, 2.05) is 11.6 Å². The van der Waals surface area contributed by atoms with Crippen LogP contribution in [0.25, 0.3) is 10.2 Å². The molecule has 0 saturated carbocycles. The monoisotopic (exact) mass is 483 g/mol. The Bertz CT molecular complexity index is 1270. The highest BCUT2D eigenvalue weighted by Crippen LogP contribution is 2.31. The molecule has 1 atom stereocenters. The van der Waals surface area contributed by atoms with Gasteiger partial charge in [0.15, 0.2) is 4.80 Å². The molecule has 1 saturated heterocycles. The van der Waals surface area contributed by atoms with Crippen LogP contribution < -0.4 is 4.80 Å². The fourth-order valence-electron chi connectivity index (χ4n) is 3.62. The zero-order valence-corrected chi connectivity index (χ0v) is 19.9. The minimum absolute atomic E-state index is 0.148. The number of hydrogen-bond acceptors (Lipinski definition) is 5. The zero-order chi connectivity index (χ0) is 21.5. The molecule has 0 N–H and O–H groups in total. The summed E-state index contributed by atoms with van der Waals surface area (Å²) in [6, 6.07) is 9.35. The van der Waals surface area contributed by atoms with E-state index in [1.54, 1.807) is 6.07 Å². The van der Waals surface area contributed by atoms with E-state index >= 15 is 0 Å². The van der Waals surface area contributed by atoms with Gasteiger partial charge in [0.1, 0.15) is 4.21 Å². The van der Waals surface area contributed by atoms with E-state index in [1.165, 1.54) is 27.3 Å². The number of thiophene rings is 1. The van der Waals surface area contributed by atoms with Crippen LogP contribution in [-0.4, -0.2) is 36.3 Å². The Hall–Kier alpha value is -1.52. The lowest BCUT2D eigenvalue weighted by atomic mass is 9.99. The maximum Gasteiger partial charge on any atom is 0.252 e. The zero-order valence-electron chi connectivity index (χ0n) is 16.7. The average Bonchev–Trinajstić information content (AvgIpc) is 3.31. The summed E-state index contributed by atoms with van der Waals surface area (Å²) in [4.78, 5) is 17.9. The van der Waals surface area contributed by atoms with Crippen LogP contribution in [0.3, 0.4) is 0 Å². The molecule has 1 amide bonds. The summed E-state index contributed by atoms with van der Waals surface area (Å²) >= 11 is 8.42. The molecule has 1 fully saturated rings. The summed E-state index contributed by atoms with van der Waals surface area (Å²) in [5.41, 5.74) is 2.27. The number of fused-ring (bicyclic) bond motifs is 1. The van der Waals surface area contributed by atoms with Crippen molar-refractivity contribution in [1.82, 2.24) is 8.87 Å². The highest BCUT2D eigenvalue weighted by molar-refractivity contribution is 7.91. The van der Waals surface area contributed by atoms with Crippen molar-refractivity contribution in [2.75, 3.05) is 13.1 Å². The molecule has 0 aliphatic carbocycles. The third-order valence-electron chi connectivity index (χ3n) is 5.36. The number of hydrogen-bond donors (Lipinski definition) is 0. The van der Waals surface area contributed by atoms with Crippen LogP contribution >= 0.6 is 34.3 Å². The van der Waals surface area contributed by atoms with Gasteiger partial charge < -0.3 is 4.57 Å². The predicted octanol–water partition coefficient (Wildman–Crippen LogP) is 4.05. The number of sulfonamides is 1. The second-order valence-corrected chi connectivity index (χ2v) is 12.2. The number of carbonyl (C=O) groups excluding carboxylic acids is 1. The van der Waals surface area contributed by atoms with E-state index in [9.17, 15) is 13.2 Å². The van der Waals surface area contributed by atoms with Gasteiger partial charge in [-0.05, 0) is 49.1 Å².